The van der Waals surface area contributed by atoms with Crippen molar-refractivity contribution in [1.82, 2.24) is 14.8 Å². The first-order valence-corrected chi connectivity index (χ1v) is 11.7. The molecule has 0 spiro atoms. The van der Waals surface area contributed by atoms with Crippen molar-refractivity contribution in [1.29, 1.82) is 0 Å². The van der Waals surface area contributed by atoms with Gasteiger partial charge in [0.1, 0.15) is 0 Å². The third-order valence-electron chi connectivity index (χ3n) is 7.34. The van der Waals surface area contributed by atoms with Gasteiger partial charge in [0.05, 0.1) is 11.0 Å². The van der Waals surface area contributed by atoms with Gasteiger partial charge in [-0.2, -0.15) is 13.2 Å². The second kappa shape index (κ2) is 8.52. The summed E-state index contributed by atoms with van der Waals surface area (Å²) in [5.41, 5.74) is 0.439. The lowest BCUT2D eigenvalue weighted by molar-refractivity contribution is -0.143. The summed E-state index contributed by atoms with van der Waals surface area (Å²) < 4.78 is 53.3. The second-order valence-electron chi connectivity index (χ2n) is 9.98. The average Bonchev–Trinajstić information content (AvgIpc) is 3.52. The molecule has 1 N–H and O–H groups in total. The lowest BCUT2D eigenvalue weighted by Crippen LogP contribution is -2.47. The highest BCUT2D eigenvalue weighted by molar-refractivity contribution is 5.83. The number of carbonyl (C=O) groups is 1. The van der Waals surface area contributed by atoms with E-state index >= 15 is 0 Å². The number of hydrogen-bond donors (Lipinski definition) is 1. The largest absolute Gasteiger partial charge is 0.505 e. The Morgan fingerprint density at radius 1 is 1.21 bits per heavy atom. The van der Waals surface area contributed by atoms with Crippen molar-refractivity contribution in [2.75, 3.05) is 19.6 Å². The molecule has 1 aromatic heterocycles. The van der Waals surface area contributed by atoms with E-state index in [-0.39, 0.29) is 12.5 Å². The van der Waals surface area contributed by atoms with Gasteiger partial charge in [-0.3, -0.25) is 14.7 Å². The summed E-state index contributed by atoms with van der Waals surface area (Å²) in [6.45, 7) is 2.28. The maximum Gasteiger partial charge on any atom is 0.417 e. The average molecular weight is 478 g/mol. The quantitative estimate of drug-likeness (QED) is 0.644. The number of alkyl halides is 3. The smallest absolute Gasteiger partial charge is 0.417 e. The summed E-state index contributed by atoms with van der Waals surface area (Å²) in [6, 6.07) is 5.44. The van der Waals surface area contributed by atoms with Crippen LogP contribution in [0.2, 0.25) is 0 Å². The Morgan fingerprint density at radius 3 is 2.71 bits per heavy atom. The molecule has 1 aliphatic carbocycles. The van der Waals surface area contributed by atoms with Crippen molar-refractivity contribution in [2.45, 2.75) is 51.4 Å². The molecule has 2 fully saturated rings. The van der Waals surface area contributed by atoms with Crippen molar-refractivity contribution < 1.29 is 27.5 Å². The molecule has 34 heavy (non-hydrogen) atoms. The number of amides is 1. The number of benzene rings is 1. The summed E-state index contributed by atoms with van der Waals surface area (Å²) in [5, 5.41) is 9.44. The van der Waals surface area contributed by atoms with E-state index in [1.54, 1.807) is 11.0 Å². The van der Waals surface area contributed by atoms with E-state index in [1.165, 1.54) is 12.1 Å². The number of phenols is 1. The summed E-state index contributed by atoms with van der Waals surface area (Å²) >= 11 is 0. The van der Waals surface area contributed by atoms with Crippen LogP contribution in [0.15, 0.2) is 30.5 Å². The van der Waals surface area contributed by atoms with E-state index in [2.05, 4.69) is 9.88 Å². The number of likely N-dealkylation sites (tertiary alicyclic amines) is 1. The summed E-state index contributed by atoms with van der Waals surface area (Å²) in [5.74, 6) is -0.555. The highest BCUT2D eigenvalue weighted by Crippen LogP contribution is 2.47. The minimum Gasteiger partial charge on any atom is -0.505 e. The van der Waals surface area contributed by atoms with Gasteiger partial charge in [-0.15, -0.1) is 0 Å². The number of hydrogen-bond acceptors (Lipinski definition) is 4. The molecule has 1 amide bonds. The van der Waals surface area contributed by atoms with Crippen LogP contribution in [0, 0.1) is 17.2 Å². The maximum absolute atomic E-state index is 13.8. The number of nitrogens with zero attached hydrogens (tertiary/aromatic N) is 3. The van der Waals surface area contributed by atoms with E-state index < -0.39 is 28.7 Å². The van der Waals surface area contributed by atoms with Crippen LogP contribution < -0.4 is 0 Å². The predicted molar refractivity (Wildman–Crippen MR) is 116 cm³/mol. The van der Waals surface area contributed by atoms with Crippen LogP contribution in [0.25, 0.3) is 0 Å². The SMILES string of the molecule is O=C(N1CCc2ncc(C(F)(F)F)cc2C1)C1(CC2CC2)CCN(Cc2ccc(O)c(F)c2)C1. The Balaban J connectivity index is 1.33. The number of carbonyl (C=O) groups excluding carboxylic acids is 1. The van der Waals surface area contributed by atoms with Crippen LogP contribution in [-0.2, 0) is 30.5 Å². The zero-order valence-corrected chi connectivity index (χ0v) is 18.7. The van der Waals surface area contributed by atoms with Crippen LogP contribution in [-0.4, -0.2) is 45.4 Å². The minimum atomic E-state index is -4.47. The first-order valence-electron chi connectivity index (χ1n) is 11.7. The Morgan fingerprint density at radius 2 is 2.00 bits per heavy atom. The fourth-order valence-electron chi connectivity index (χ4n) is 5.39. The normalized spacial score (nSPS) is 23.2. The molecule has 1 saturated heterocycles. The fraction of sp³-hybridized carbons (Fsp3) is 0.520. The molecule has 3 aliphatic rings. The van der Waals surface area contributed by atoms with E-state index in [4.69, 9.17) is 0 Å². The third kappa shape index (κ3) is 4.62. The Bertz CT molecular complexity index is 1100. The van der Waals surface area contributed by atoms with Crippen molar-refractivity contribution >= 4 is 5.91 Å². The third-order valence-corrected chi connectivity index (χ3v) is 7.34. The standard InChI is InChI=1S/C25H27F4N3O2/c26-20-9-17(3-4-22(20)33)13-31-8-6-24(15-31,11-16-1-2-16)23(34)32-7-5-21-18(14-32)10-19(12-30-21)25(27,28)29/h3-4,9-10,12,16,33H,1-2,5-8,11,13-15H2. The molecule has 1 unspecified atom stereocenters. The van der Waals surface area contributed by atoms with Gasteiger partial charge in [-0.1, -0.05) is 18.9 Å². The Hall–Kier alpha value is -2.68. The van der Waals surface area contributed by atoms with Gasteiger partial charge in [-0.25, -0.2) is 4.39 Å². The van der Waals surface area contributed by atoms with Crippen molar-refractivity contribution in [3.05, 3.63) is 58.7 Å². The number of phenolic OH excluding ortho intramolecular Hbond substituents is 1. The summed E-state index contributed by atoms with van der Waals surface area (Å²) in [7, 11) is 0. The van der Waals surface area contributed by atoms with Crippen molar-refractivity contribution in [3.63, 3.8) is 0 Å². The molecule has 5 nitrogen and oxygen atoms in total. The molecule has 182 valence electrons. The molecule has 0 radical (unpaired) electrons. The number of pyridine rings is 1. The first-order chi connectivity index (χ1) is 16.1. The first kappa shape index (κ1) is 23.1. The lowest BCUT2D eigenvalue weighted by Gasteiger charge is -2.37. The summed E-state index contributed by atoms with van der Waals surface area (Å²) in [4.78, 5) is 21.7. The fourth-order valence-corrected chi connectivity index (χ4v) is 5.39. The van der Waals surface area contributed by atoms with E-state index in [1.807, 2.05) is 0 Å². The van der Waals surface area contributed by atoms with Crippen LogP contribution in [0.3, 0.4) is 0 Å². The minimum absolute atomic E-state index is 0.00171. The molecule has 2 aromatic rings. The maximum atomic E-state index is 13.8. The van der Waals surface area contributed by atoms with Crippen molar-refractivity contribution in [3.8, 4) is 5.75 Å². The molecular formula is C25H27F4N3O2. The van der Waals surface area contributed by atoms with Gasteiger partial charge in [-0.05, 0) is 54.6 Å². The van der Waals surface area contributed by atoms with E-state index in [9.17, 15) is 27.5 Å². The van der Waals surface area contributed by atoms with Crippen molar-refractivity contribution in [2.24, 2.45) is 11.3 Å². The molecule has 2 aliphatic heterocycles. The van der Waals surface area contributed by atoms with Gasteiger partial charge in [0.15, 0.2) is 11.6 Å². The summed E-state index contributed by atoms with van der Waals surface area (Å²) in [6.07, 6.45) is 0.478. The number of rotatable bonds is 5. The lowest BCUT2D eigenvalue weighted by atomic mass is 9.79. The zero-order chi connectivity index (χ0) is 24.1. The molecule has 3 heterocycles. The van der Waals surface area contributed by atoms with Gasteiger partial charge < -0.3 is 10.0 Å². The van der Waals surface area contributed by atoms with Crippen LogP contribution >= 0.6 is 0 Å². The number of aromatic hydroxyl groups is 1. The number of aromatic nitrogens is 1. The van der Waals surface area contributed by atoms with Gasteiger partial charge in [0, 0.05) is 44.5 Å². The molecule has 9 heteroatoms. The van der Waals surface area contributed by atoms with Gasteiger partial charge >= 0.3 is 6.18 Å². The monoisotopic (exact) mass is 477 g/mol. The van der Waals surface area contributed by atoms with E-state index in [0.29, 0.717) is 56.2 Å². The van der Waals surface area contributed by atoms with Gasteiger partial charge in [0.25, 0.3) is 0 Å². The highest BCUT2D eigenvalue weighted by atomic mass is 19.4. The molecule has 1 saturated carbocycles. The van der Waals surface area contributed by atoms with Crippen LogP contribution in [0.4, 0.5) is 17.6 Å². The molecule has 1 aromatic carbocycles. The molecule has 0 bridgehead atoms. The Labute approximate surface area is 195 Å². The topological polar surface area (TPSA) is 56.7 Å². The predicted octanol–water partition coefficient (Wildman–Crippen LogP) is 4.52. The Kier molecular flexibility index (Phi) is 5.78. The molecular weight excluding hydrogens is 450 g/mol. The van der Waals surface area contributed by atoms with E-state index in [0.717, 1.165) is 37.1 Å². The molecule has 1 atom stereocenters. The number of halogens is 4. The second-order valence-corrected chi connectivity index (χ2v) is 9.98. The molecule has 5 rings (SSSR count). The zero-order valence-electron chi connectivity index (χ0n) is 18.7. The number of fused-ring (bicyclic) bond motifs is 1. The van der Waals surface area contributed by atoms with Gasteiger partial charge in [0.2, 0.25) is 5.91 Å². The van der Waals surface area contributed by atoms with Crippen LogP contribution in [0.5, 0.6) is 5.75 Å². The van der Waals surface area contributed by atoms with Crippen LogP contribution in [0.1, 0.15) is 48.1 Å². The highest BCUT2D eigenvalue weighted by Gasteiger charge is 2.49.